The third-order valence-corrected chi connectivity index (χ3v) is 3.47. The molecule has 0 N–H and O–H groups in total. The largest absolute Gasteiger partial charge is 0.271 e. The molecule has 2 heterocycles. The Labute approximate surface area is 126 Å². The Bertz CT molecular complexity index is 833. The molecule has 2 aromatic heterocycles. The minimum absolute atomic E-state index is 0.00696. The Morgan fingerprint density at radius 3 is 2.80 bits per heavy atom. The molecule has 0 atom stereocenters. The van der Waals surface area contributed by atoms with Gasteiger partial charge in [-0.05, 0) is 28.1 Å². The number of nitro benzene ring substituents is 1. The number of rotatable bonds is 2. The lowest BCUT2D eigenvalue weighted by Crippen LogP contribution is -2.00. The summed E-state index contributed by atoms with van der Waals surface area (Å²) in [6.45, 7) is 0. The number of hydrogen-bond acceptors (Lipinski definition) is 4. The van der Waals surface area contributed by atoms with E-state index in [1.54, 1.807) is 24.5 Å². The number of aromatic nitrogens is 3. The highest BCUT2D eigenvalue weighted by molar-refractivity contribution is 9.10. The van der Waals surface area contributed by atoms with Gasteiger partial charge in [0.15, 0.2) is 5.82 Å². The van der Waals surface area contributed by atoms with Gasteiger partial charge in [-0.3, -0.25) is 10.1 Å². The van der Waals surface area contributed by atoms with Crippen LogP contribution in [0.15, 0.2) is 41.1 Å². The molecule has 0 radical (unpaired) electrons. The molecule has 8 heteroatoms. The summed E-state index contributed by atoms with van der Waals surface area (Å²) in [6, 6.07) is 6.21. The van der Waals surface area contributed by atoms with Crippen molar-refractivity contribution in [2.24, 2.45) is 0 Å². The topological polar surface area (TPSA) is 73.8 Å². The summed E-state index contributed by atoms with van der Waals surface area (Å²) in [5.41, 5.74) is 0.573. The van der Waals surface area contributed by atoms with Gasteiger partial charge in [-0.1, -0.05) is 11.6 Å². The van der Waals surface area contributed by atoms with Crippen molar-refractivity contribution in [3.8, 4) is 5.82 Å². The van der Waals surface area contributed by atoms with E-state index in [1.165, 1.54) is 16.8 Å². The predicted molar refractivity (Wildman–Crippen MR) is 78.2 cm³/mol. The average Bonchev–Trinajstić information content (AvgIpc) is 2.81. The summed E-state index contributed by atoms with van der Waals surface area (Å²) in [6.07, 6.45) is 3.20. The van der Waals surface area contributed by atoms with E-state index in [0.29, 0.717) is 16.4 Å². The van der Waals surface area contributed by atoms with Gasteiger partial charge < -0.3 is 0 Å². The van der Waals surface area contributed by atoms with E-state index in [9.17, 15) is 10.1 Å². The summed E-state index contributed by atoms with van der Waals surface area (Å²) in [5, 5.41) is 16.2. The predicted octanol–water partition coefficient (Wildman–Crippen LogP) is 3.74. The molecule has 0 spiro atoms. The fraction of sp³-hybridized carbons (Fsp3) is 0. The van der Waals surface area contributed by atoms with Crippen LogP contribution in [-0.2, 0) is 0 Å². The van der Waals surface area contributed by atoms with E-state index in [1.807, 2.05) is 0 Å². The van der Waals surface area contributed by atoms with E-state index in [2.05, 4.69) is 26.0 Å². The summed E-state index contributed by atoms with van der Waals surface area (Å²) < 4.78 is 2.23. The first-order valence-corrected chi connectivity index (χ1v) is 6.67. The van der Waals surface area contributed by atoms with Gasteiger partial charge in [-0.25, -0.2) is 9.67 Å². The second-order valence-electron chi connectivity index (χ2n) is 4.02. The lowest BCUT2D eigenvalue weighted by atomic mass is 10.2. The highest BCUT2D eigenvalue weighted by Gasteiger charge is 2.14. The average molecular weight is 354 g/mol. The molecule has 6 nitrogen and oxygen atoms in total. The van der Waals surface area contributed by atoms with Crippen molar-refractivity contribution >= 4 is 44.1 Å². The van der Waals surface area contributed by atoms with Crippen molar-refractivity contribution in [3.63, 3.8) is 0 Å². The van der Waals surface area contributed by atoms with Gasteiger partial charge in [-0.15, -0.1) is 0 Å². The zero-order valence-corrected chi connectivity index (χ0v) is 12.2. The first-order valence-electron chi connectivity index (χ1n) is 5.50. The standard InChI is InChI=1S/C12H6BrClN4O2/c13-8-3-10(14)12(15-6-8)17-11-4-9(18(19)20)2-1-7(11)5-16-17/h1-6H. The molecule has 0 aliphatic carbocycles. The Balaban J connectivity index is 2.25. The molecule has 0 bridgehead atoms. The van der Waals surface area contributed by atoms with E-state index >= 15 is 0 Å². The van der Waals surface area contributed by atoms with Gasteiger partial charge in [0.25, 0.3) is 5.69 Å². The number of nitro groups is 1. The van der Waals surface area contributed by atoms with Crippen LogP contribution in [0.3, 0.4) is 0 Å². The fourth-order valence-electron chi connectivity index (χ4n) is 1.85. The van der Waals surface area contributed by atoms with E-state index in [-0.39, 0.29) is 5.69 Å². The number of non-ortho nitro benzene ring substituents is 1. The Hall–Kier alpha value is -1.99. The molecule has 0 aliphatic rings. The van der Waals surface area contributed by atoms with Gasteiger partial charge in [0.1, 0.15) is 0 Å². The molecule has 0 aliphatic heterocycles. The minimum atomic E-state index is -0.451. The molecule has 0 amide bonds. The van der Waals surface area contributed by atoms with Crippen molar-refractivity contribution in [1.29, 1.82) is 0 Å². The number of nitrogens with zero attached hydrogens (tertiary/aromatic N) is 4. The maximum Gasteiger partial charge on any atom is 0.271 e. The molecular weight excluding hydrogens is 348 g/mol. The quantitative estimate of drug-likeness (QED) is 0.519. The van der Waals surface area contributed by atoms with Crippen molar-refractivity contribution in [2.75, 3.05) is 0 Å². The second kappa shape index (κ2) is 4.84. The monoisotopic (exact) mass is 352 g/mol. The van der Waals surface area contributed by atoms with E-state index in [4.69, 9.17) is 11.6 Å². The van der Waals surface area contributed by atoms with Gasteiger partial charge in [0.2, 0.25) is 0 Å². The first kappa shape index (κ1) is 13.0. The lowest BCUT2D eigenvalue weighted by molar-refractivity contribution is -0.384. The number of fused-ring (bicyclic) bond motifs is 1. The molecule has 0 fully saturated rings. The molecule has 100 valence electrons. The third kappa shape index (κ3) is 2.14. The normalized spacial score (nSPS) is 10.9. The molecule has 0 saturated heterocycles. The summed E-state index contributed by atoms with van der Waals surface area (Å²) in [7, 11) is 0. The highest BCUT2D eigenvalue weighted by atomic mass is 79.9. The van der Waals surface area contributed by atoms with Crippen molar-refractivity contribution in [3.05, 3.63) is 56.3 Å². The maximum absolute atomic E-state index is 10.9. The number of hydrogen-bond donors (Lipinski definition) is 0. The zero-order chi connectivity index (χ0) is 14.3. The van der Waals surface area contributed by atoms with Crippen LogP contribution in [0.1, 0.15) is 0 Å². The molecule has 0 saturated carbocycles. The Morgan fingerprint density at radius 1 is 1.30 bits per heavy atom. The number of pyridine rings is 1. The summed E-state index contributed by atoms with van der Waals surface area (Å²) in [4.78, 5) is 14.6. The van der Waals surface area contributed by atoms with Crippen molar-refractivity contribution in [2.45, 2.75) is 0 Å². The summed E-state index contributed by atoms with van der Waals surface area (Å²) >= 11 is 9.41. The van der Waals surface area contributed by atoms with Gasteiger partial charge in [-0.2, -0.15) is 5.10 Å². The minimum Gasteiger partial charge on any atom is -0.258 e. The molecule has 20 heavy (non-hydrogen) atoms. The molecular formula is C12H6BrClN4O2. The third-order valence-electron chi connectivity index (χ3n) is 2.75. The van der Waals surface area contributed by atoms with Gasteiger partial charge in [0, 0.05) is 28.2 Å². The van der Waals surface area contributed by atoms with Crippen LogP contribution in [0.25, 0.3) is 16.7 Å². The SMILES string of the molecule is O=[N+]([O-])c1ccc2cnn(-c3ncc(Br)cc3Cl)c2c1. The van der Waals surface area contributed by atoms with E-state index in [0.717, 1.165) is 9.86 Å². The molecule has 1 aromatic carbocycles. The van der Waals surface area contributed by atoms with Crippen LogP contribution in [0, 0.1) is 10.1 Å². The van der Waals surface area contributed by atoms with Crippen molar-refractivity contribution in [1.82, 2.24) is 14.8 Å². The van der Waals surface area contributed by atoms with Crippen LogP contribution >= 0.6 is 27.5 Å². The first-order chi connectivity index (χ1) is 9.56. The van der Waals surface area contributed by atoms with Crippen LogP contribution < -0.4 is 0 Å². The molecule has 3 aromatic rings. The molecule has 0 unspecified atom stereocenters. The maximum atomic E-state index is 10.9. The number of benzene rings is 1. The van der Waals surface area contributed by atoms with Crippen LogP contribution in [-0.4, -0.2) is 19.7 Å². The zero-order valence-electron chi connectivity index (χ0n) is 9.83. The summed E-state index contributed by atoms with van der Waals surface area (Å²) in [5.74, 6) is 0.422. The highest BCUT2D eigenvalue weighted by Crippen LogP contribution is 2.27. The number of halogens is 2. The van der Waals surface area contributed by atoms with Gasteiger partial charge in [0.05, 0.1) is 21.7 Å². The fourth-order valence-corrected chi connectivity index (χ4v) is 2.56. The smallest absolute Gasteiger partial charge is 0.258 e. The van der Waals surface area contributed by atoms with E-state index < -0.39 is 4.92 Å². The Morgan fingerprint density at radius 2 is 2.10 bits per heavy atom. The van der Waals surface area contributed by atoms with Gasteiger partial charge >= 0.3 is 0 Å². The lowest BCUT2D eigenvalue weighted by Gasteiger charge is -2.05. The van der Waals surface area contributed by atoms with Crippen LogP contribution in [0.2, 0.25) is 5.02 Å². The van der Waals surface area contributed by atoms with Crippen molar-refractivity contribution < 1.29 is 4.92 Å². The molecule has 3 rings (SSSR count). The Kier molecular flexibility index (Phi) is 3.15. The van der Waals surface area contributed by atoms with Crippen LogP contribution in [0.4, 0.5) is 5.69 Å². The van der Waals surface area contributed by atoms with Crippen LogP contribution in [0.5, 0.6) is 0 Å². The second-order valence-corrected chi connectivity index (χ2v) is 5.34.